The number of rotatable bonds is 11. The third-order valence-electron chi connectivity index (χ3n) is 5.15. The fourth-order valence-corrected chi connectivity index (χ4v) is 7.19. The van der Waals surface area contributed by atoms with E-state index in [1.165, 1.54) is 32.2 Å². The SMILES string of the molecule is CCOP(=O)(OCC)C(F)S(=O)(=O)c1ccc(CC(=O)c2nc(-c3ccc(C)cc3)cnc2N)cc1. The van der Waals surface area contributed by atoms with Gasteiger partial charge in [-0.2, -0.15) is 0 Å². The molecule has 0 fully saturated rings. The number of aryl methyl sites for hydroxylation is 1. The molecule has 3 rings (SSSR count). The third-order valence-corrected chi connectivity index (χ3v) is 9.93. The Labute approximate surface area is 209 Å². The minimum atomic E-state index is -4.69. The molecule has 0 aliphatic carbocycles. The number of ketones is 1. The first kappa shape index (κ1) is 27.6. The number of hydrogen-bond acceptors (Lipinski definition) is 9. The van der Waals surface area contributed by atoms with Crippen LogP contribution in [0.4, 0.5) is 10.2 Å². The summed E-state index contributed by atoms with van der Waals surface area (Å²) in [5.74, 6) is -0.455. The van der Waals surface area contributed by atoms with E-state index in [4.69, 9.17) is 14.8 Å². The molecule has 0 aliphatic heterocycles. The molecule has 36 heavy (non-hydrogen) atoms. The van der Waals surface area contributed by atoms with Crippen molar-refractivity contribution in [3.05, 3.63) is 71.5 Å². The van der Waals surface area contributed by atoms with Gasteiger partial charge in [-0.25, -0.2) is 22.8 Å². The fraction of sp³-hybridized carbons (Fsp3) is 0.292. The van der Waals surface area contributed by atoms with Crippen molar-refractivity contribution in [2.45, 2.75) is 37.3 Å². The van der Waals surface area contributed by atoms with Crippen molar-refractivity contribution in [3.8, 4) is 11.3 Å². The number of halogens is 1. The number of carbonyl (C=O) groups is 1. The van der Waals surface area contributed by atoms with Crippen LogP contribution in [0.15, 0.2) is 59.6 Å². The van der Waals surface area contributed by atoms with Gasteiger partial charge in [0.25, 0.3) is 0 Å². The molecule has 0 amide bonds. The zero-order valence-corrected chi connectivity index (χ0v) is 21.8. The average molecular weight is 536 g/mol. The predicted octanol–water partition coefficient (Wildman–Crippen LogP) is 4.75. The van der Waals surface area contributed by atoms with Crippen molar-refractivity contribution >= 4 is 29.0 Å². The molecule has 0 aliphatic rings. The topological polar surface area (TPSA) is 139 Å². The van der Waals surface area contributed by atoms with Gasteiger partial charge in [-0.3, -0.25) is 9.36 Å². The molecule has 12 heteroatoms. The Morgan fingerprint density at radius 1 is 1.06 bits per heavy atom. The largest absolute Gasteiger partial charge is 0.382 e. The lowest BCUT2D eigenvalue weighted by Crippen LogP contribution is -2.20. The monoisotopic (exact) mass is 535 g/mol. The highest BCUT2D eigenvalue weighted by Gasteiger charge is 2.46. The van der Waals surface area contributed by atoms with Crippen molar-refractivity contribution in [1.29, 1.82) is 0 Å². The van der Waals surface area contributed by atoms with E-state index in [1.54, 1.807) is 0 Å². The van der Waals surface area contributed by atoms with Crippen LogP contribution in [-0.4, -0.2) is 42.6 Å². The number of alkyl halides is 1. The highest BCUT2D eigenvalue weighted by Crippen LogP contribution is 2.56. The van der Waals surface area contributed by atoms with Gasteiger partial charge in [0, 0.05) is 12.0 Å². The standard InChI is InChI=1S/C24H27FN3O6PS/c1-4-33-35(30,34-5-2)24(25)36(31,32)19-12-8-17(9-13-19)14-21(29)22-23(26)27-15-20(28-22)18-10-6-16(3)7-11-18/h6-13,15,24H,4-5,14H2,1-3H3,(H2,26,27). The summed E-state index contributed by atoms with van der Waals surface area (Å²) >= 11 is 0. The summed E-state index contributed by atoms with van der Waals surface area (Å²) in [6, 6.07) is 12.5. The molecule has 9 nitrogen and oxygen atoms in total. The Balaban J connectivity index is 1.81. The van der Waals surface area contributed by atoms with Gasteiger partial charge >= 0.3 is 12.8 Å². The van der Waals surface area contributed by atoms with Crippen LogP contribution in [0.2, 0.25) is 0 Å². The second-order valence-electron chi connectivity index (χ2n) is 7.81. The summed E-state index contributed by atoms with van der Waals surface area (Å²) < 4.78 is 62.6. The number of nitrogen functional groups attached to an aromatic ring is 1. The summed E-state index contributed by atoms with van der Waals surface area (Å²) in [5, 5.41) is -2.89. The van der Waals surface area contributed by atoms with Crippen LogP contribution < -0.4 is 5.73 Å². The van der Waals surface area contributed by atoms with E-state index < -0.39 is 33.4 Å². The van der Waals surface area contributed by atoms with E-state index in [9.17, 15) is 22.2 Å². The minimum Gasteiger partial charge on any atom is -0.382 e. The maximum Gasteiger partial charge on any atom is 0.380 e. The van der Waals surface area contributed by atoms with Gasteiger partial charge in [0.05, 0.1) is 30.0 Å². The van der Waals surface area contributed by atoms with Gasteiger partial charge in [-0.05, 0) is 38.5 Å². The Hall–Kier alpha value is -2.98. The molecular formula is C24H27FN3O6PS. The average Bonchev–Trinajstić information content (AvgIpc) is 2.85. The molecule has 0 bridgehead atoms. The van der Waals surface area contributed by atoms with Gasteiger partial charge in [0.15, 0.2) is 11.6 Å². The van der Waals surface area contributed by atoms with Crippen molar-refractivity contribution in [2.75, 3.05) is 18.9 Å². The van der Waals surface area contributed by atoms with Crippen LogP contribution in [0, 0.1) is 6.92 Å². The smallest absolute Gasteiger partial charge is 0.380 e. The molecule has 0 spiro atoms. The molecule has 1 unspecified atom stereocenters. The number of Topliss-reactive ketones (excluding diaryl/α,β-unsaturated/α-hetero) is 1. The van der Waals surface area contributed by atoms with Gasteiger partial charge in [-0.15, -0.1) is 0 Å². The summed E-state index contributed by atoms with van der Waals surface area (Å²) in [7, 11) is -9.24. The maximum absolute atomic E-state index is 14.9. The molecular weight excluding hydrogens is 508 g/mol. The number of nitrogens with two attached hydrogens (primary N) is 1. The Bertz CT molecular complexity index is 1370. The van der Waals surface area contributed by atoms with Crippen LogP contribution in [0.1, 0.15) is 35.5 Å². The Morgan fingerprint density at radius 2 is 1.64 bits per heavy atom. The van der Waals surface area contributed by atoms with Crippen LogP contribution in [-0.2, 0) is 29.9 Å². The number of nitrogens with zero attached hydrogens (tertiary/aromatic N) is 2. The van der Waals surface area contributed by atoms with Crippen molar-refractivity contribution in [1.82, 2.24) is 9.97 Å². The van der Waals surface area contributed by atoms with Gasteiger partial charge in [0.2, 0.25) is 9.84 Å². The number of aromatic nitrogens is 2. The van der Waals surface area contributed by atoms with Crippen molar-refractivity contribution in [3.63, 3.8) is 0 Å². The Kier molecular flexibility index (Phi) is 8.73. The first-order chi connectivity index (χ1) is 17.0. The van der Waals surface area contributed by atoms with E-state index in [1.807, 2.05) is 31.2 Å². The number of anilines is 1. The van der Waals surface area contributed by atoms with E-state index >= 15 is 0 Å². The van der Waals surface area contributed by atoms with E-state index in [0.29, 0.717) is 11.3 Å². The number of carbonyl (C=O) groups excluding carboxylic acids is 1. The molecule has 3 aromatic rings. The summed E-state index contributed by atoms with van der Waals surface area (Å²) in [6.45, 7) is 4.47. The number of sulfone groups is 1. The van der Waals surface area contributed by atoms with E-state index in [-0.39, 0.29) is 31.1 Å². The molecule has 1 heterocycles. The predicted molar refractivity (Wildman–Crippen MR) is 134 cm³/mol. The molecule has 192 valence electrons. The van der Waals surface area contributed by atoms with Gasteiger partial charge < -0.3 is 14.8 Å². The quantitative estimate of drug-likeness (QED) is 0.272. The van der Waals surface area contributed by atoms with Gasteiger partial charge in [0.1, 0.15) is 5.69 Å². The molecule has 2 aromatic carbocycles. The lowest BCUT2D eigenvalue weighted by Gasteiger charge is -2.20. The molecule has 1 aromatic heterocycles. The lowest BCUT2D eigenvalue weighted by atomic mass is 10.1. The zero-order valence-electron chi connectivity index (χ0n) is 20.0. The van der Waals surface area contributed by atoms with Crippen LogP contribution in [0.25, 0.3) is 11.3 Å². The lowest BCUT2D eigenvalue weighted by molar-refractivity contribution is 0.0989. The molecule has 0 radical (unpaired) electrons. The second kappa shape index (κ2) is 11.4. The first-order valence-electron chi connectivity index (χ1n) is 11.1. The summed E-state index contributed by atoms with van der Waals surface area (Å²) in [5.41, 5.74) is 8.64. The highest BCUT2D eigenvalue weighted by molar-refractivity contribution is 7.98. The van der Waals surface area contributed by atoms with Crippen LogP contribution in [0.3, 0.4) is 0 Å². The maximum atomic E-state index is 14.9. The molecule has 0 saturated carbocycles. The van der Waals surface area contributed by atoms with Gasteiger partial charge in [-0.1, -0.05) is 42.0 Å². The highest BCUT2D eigenvalue weighted by atomic mass is 32.2. The van der Waals surface area contributed by atoms with Crippen molar-refractivity contribution in [2.24, 2.45) is 0 Å². The van der Waals surface area contributed by atoms with E-state index in [0.717, 1.165) is 23.3 Å². The fourth-order valence-electron chi connectivity index (χ4n) is 3.33. The molecule has 1 atom stereocenters. The summed E-state index contributed by atoms with van der Waals surface area (Å²) in [4.78, 5) is 20.9. The third kappa shape index (κ3) is 6.04. The number of benzene rings is 2. The minimum absolute atomic E-state index is 0.0111. The molecule has 0 saturated heterocycles. The zero-order chi connectivity index (χ0) is 26.5. The van der Waals surface area contributed by atoms with E-state index in [2.05, 4.69) is 9.97 Å². The Morgan fingerprint density at radius 3 is 2.19 bits per heavy atom. The normalized spacial score (nSPS) is 12.9. The van der Waals surface area contributed by atoms with Crippen molar-refractivity contribution < 1.29 is 31.2 Å². The van der Waals surface area contributed by atoms with Crippen LogP contribution in [0.5, 0.6) is 0 Å². The van der Waals surface area contributed by atoms with Crippen LogP contribution >= 0.6 is 7.60 Å². The molecule has 2 N–H and O–H groups in total. The second-order valence-corrected chi connectivity index (χ2v) is 12.2. The first-order valence-corrected chi connectivity index (χ1v) is 14.3. The summed E-state index contributed by atoms with van der Waals surface area (Å²) in [6.07, 6.45) is 1.33. The number of hydrogen-bond donors (Lipinski definition) is 1.